The summed E-state index contributed by atoms with van der Waals surface area (Å²) in [5.41, 5.74) is 4.30. The minimum Gasteiger partial charge on any atom is -0.346 e. The summed E-state index contributed by atoms with van der Waals surface area (Å²) in [4.78, 5) is 35.3. The Balaban J connectivity index is 2.16. The first-order valence-electron chi connectivity index (χ1n) is 6.41. The first kappa shape index (κ1) is 16.2. The van der Waals surface area contributed by atoms with Gasteiger partial charge >= 0.3 is 11.8 Å². The first-order valence-corrected chi connectivity index (χ1v) is 7.29. The van der Waals surface area contributed by atoms with Crippen molar-refractivity contribution in [3.05, 3.63) is 22.4 Å². The molecule has 7 heteroatoms. The fourth-order valence-electron chi connectivity index (χ4n) is 1.45. The van der Waals surface area contributed by atoms with Crippen molar-refractivity contribution in [3.63, 3.8) is 0 Å². The Kier molecular flexibility index (Phi) is 6.72. The topological polar surface area (TPSA) is 87.3 Å². The number of aryl methyl sites for hydroxylation is 1. The molecule has 6 nitrogen and oxygen atoms in total. The van der Waals surface area contributed by atoms with Crippen molar-refractivity contribution in [2.24, 2.45) is 0 Å². The van der Waals surface area contributed by atoms with Gasteiger partial charge in [0.05, 0.1) is 0 Å². The van der Waals surface area contributed by atoms with Crippen LogP contribution in [0, 0.1) is 0 Å². The predicted octanol–water partition coefficient (Wildman–Crippen LogP) is 0.743. The van der Waals surface area contributed by atoms with Gasteiger partial charge in [-0.05, 0) is 38.1 Å². The third-order valence-electron chi connectivity index (χ3n) is 2.35. The molecule has 0 unspecified atom stereocenters. The Labute approximate surface area is 121 Å². The predicted molar refractivity (Wildman–Crippen MR) is 76.8 cm³/mol. The van der Waals surface area contributed by atoms with Gasteiger partial charge in [-0.25, -0.2) is 0 Å². The third kappa shape index (κ3) is 6.33. The lowest BCUT2D eigenvalue weighted by molar-refractivity contribution is -0.141. The van der Waals surface area contributed by atoms with E-state index in [4.69, 9.17) is 0 Å². The van der Waals surface area contributed by atoms with Gasteiger partial charge in [-0.2, -0.15) is 0 Å². The summed E-state index contributed by atoms with van der Waals surface area (Å²) in [5, 5.41) is 4.42. The summed E-state index contributed by atoms with van der Waals surface area (Å²) in [5.74, 6) is -1.95. The van der Waals surface area contributed by atoms with Gasteiger partial charge in [0, 0.05) is 17.3 Å². The fraction of sp³-hybridized carbons (Fsp3) is 0.462. The molecule has 3 amide bonds. The van der Waals surface area contributed by atoms with Crippen LogP contribution in [0.1, 0.15) is 31.6 Å². The third-order valence-corrected chi connectivity index (χ3v) is 3.28. The first-order chi connectivity index (χ1) is 9.49. The summed E-state index contributed by atoms with van der Waals surface area (Å²) in [7, 11) is 0. The lowest BCUT2D eigenvalue weighted by atomic mass is 10.2. The minimum absolute atomic E-state index is 0.130. The molecule has 3 N–H and O–H groups in total. The van der Waals surface area contributed by atoms with Crippen LogP contribution in [0.15, 0.2) is 17.5 Å². The number of rotatable bonds is 5. The van der Waals surface area contributed by atoms with E-state index in [1.54, 1.807) is 25.2 Å². The second-order valence-corrected chi connectivity index (χ2v) is 5.60. The maximum Gasteiger partial charge on any atom is 0.327 e. The quantitative estimate of drug-likeness (QED) is 0.553. The molecule has 0 fully saturated rings. The van der Waals surface area contributed by atoms with Gasteiger partial charge in [0.25, 0.3) is 0 Å². The number of amides is 3. The van der Waals surface area contributed by atoms with Crippen molar-refractivity contribution in [1.29, 1.82) is 0 Å². The van der Waals surface area contributed by atoms with E-state index in [0.29, 0.717) is 12.8 Å². The minimum atomic E-state index is -0.870. The number of nitrogens with one attached hydrogen (secondary N) is 3. The molecular formula is C13H19N3O3S. The van der Waals surface area contributed by atoms with Crippen molar-refractivity contribution in [3.8, 4) is 0 Å². The zero-order valence-electron chi connectivity index (χ0n) is 11.6. The van der Waals surface area contributed by atoms with Crippen molar-refractivity contribution in [2.45, 2.75) is 39.2 Å². The normalized spacial score (nSPS) is 10.2. The van der Waals surface area contributed by atoms with Crippen LogP contribution in [0.5, 0.6) is 0 Å². The molecular weight excluding hydrogens is 278 g/mol. The molecule has 0 atom stereocenters. The van der Waals surface area contributed by atoms with Gasteiger partial charge in [-0.15, -0.1) is 11.3 Å². The molecule has 0 saturated heterocycles. The van der Waals surface area contributed by atoms with E-state index in [0.717, 1.165) is 6.42 Å². The highest BCUT2D eigenvalue weighted by Gasteiger charge is 2.14. The molecule has 20 heavy (non-hydrogen) atoms. The summed E-state index contributed by atoms with van der Waals surface area (Å²) in [6, 6.07) is 3.85. The number of carbonyl (C=O) groups excluding carboxylic acids is 3. The van der Waals surface area contributed by atoms with Crippen molar-refractivity contribution in [1.82, 2.24) is 16.2 Å². The number of thiophene rings is 1. The monoisotopic (exact) mass is 297 g/mol. The van der Waals surface area contributed by atoms with E-state index in [2.05, 4.69) is 16.2 Å². The van der Waals surface area contributed by atoms with Gasteiger partial charge in [0.15, 0.2) is 0 Å². The molecule has 1 heterocycles. The maximum absolute atomic E-state index is 11.5. The lowest BCUT2D eigenvalue weighted by Gasteiger charge is -2.09. The molecule has 0 spiro atoms. The molecule has 1 aromatic rings. The molecule has 0 aromatic carbocycles. The SMILES string of the molecule is CC(C)NC(=O)C(=O)NNC(=O)CCCc1cccs1. The Hall–Kier alpha value is -1.89. The molecule has 0 bridgehead atoms. The molecule has 1 rings (SSSR count). The largest absolute Gasteiger partial charge is 0.346 e. The Morgan fingerprint density at radius 1 is 1.20 bits per heavy atom. The number of hydrogen-bond acceptors (Lipinski definition) is 4. The van der Waals surface area contributed by atoms with Crippen LogP contribution in [-0.4, -0.2) is 23.8 Å². The second-order valence-electron chi connectivity index (χ2n) is 4.56. The van der Waals surface area contributed by atoms with Gasteiger partial charge in [-0.3, -0.25) is 25.2 Å². The van der Waals surface area contributed by atoms with Crippen LogP contribution in [-0.2, 0) is 20.8 Å². The van der Waals surface area contributed by atoms with Crippen molar-refractivity contribution in [2.75, 3.05) is 0 Å². The van der Waals surface area contributed by atoms with Crippen LogP contribution in [0.2, 0.25) is 0 Å². The highest BCUT2D eigenvalue weighted by molar-refractivity contribution is 7.09. The Morgan fingerprint density at radius 2 is 1.95 bits per heavy atom. The maximum atomic E-state index is 11.5. The fourth-order valence-corrected chi connectivity index (χ4v) is 2.20. The molecule has 110 valence electrons. The van der Waals surface area contributed by atoms with Gasteiger partial charge < -0.3 is 5.32 Å². The standard InChI is InChI=1S/C13H19N3O3S/c1-9(2)14-12(18)13(19)16-15-11(17)7-3-5-10-6-4-8-20-10/h4,6,8-9H,3,5,7H2,1-2H3,(H,14,18)(H,15,17)(H,16,19). The van der Waals surface area contributed by atoms with Crippen molar-refractivity contribution < 1.29 is 14.4 Å². The van der Waals surface area contributed by atoms with Gasteiger partial charge in [0.1, 0.15) is 0 Å². The Bertz CT molecular complexity index is 457. The summed E-state index contributed by atoms with van der Waals surface area (Å²) in [6.45, 7) is 3.49. The number of hydrazine groups is 1. The zero-order valence-corrected chi connectivity index (χ0v) is 12.4. The van der Waals surface area contributed by atoms with Crippen LogP contribution in [0.25, 0.3) is 0 Å². The average Bonchev–Trinajstić information content (AvgIpc) is 2.88. The van der Waals surface area contributed by atoms with E-state index in [1.165, 1.54) is 4.88 Å². The van der Waals surface area contributed by atoms with E-state index in [9.17, 15) is 14.4 Å². The molecule has 0 saturated carbocycles. The molecule has 0 aliphatic rings. The zero-order chi connectivity index (χ0) is 15.0. The van der Waals surface area contributed by atoms with Crippen LogP contribution < -0.4 is 16.2 Å². The van der Waals surface area contributed by atoms with E-state index < -0.39 is 11.8 Å². The Morgan fingerprint density at radius 3 is 2.55 bits per heavy atom. The highest BCUT2D eigenvalue weighted by atomic mass is 32.1. The average molecular weight is 297 g/mol. The summed E-state index contributed by atoms with van der Waals surface area (Å²) in [6.07, 6.45) is 1.82. The van der Waals surface area contributed by atoms with Gasteiger partial charge in [-0.1, -0.05) is 6.07 Å². The highest BCUT2D eigenvalue weighted by Crippen LogP contribution is 2.11. The lowest BCUT2D eigenvalue weighted by Crippen LogP contribution is -2.49. The van der Waals surface area contributed by atoms with Gasteiger partial charge in [0.2, 0.25) is 5.91 Å². The summed E-state index contributed by atoms with van der Waals surface area (Å²) < 4.78 is 0. The molecule has 0 radical (unpaired) electrons. The summed E-state index contributed by atoms with van der Waals surface area (Å²) >= 11 is 1.65. The van der Waals surface area contributed by atoms with Crippen LogP contribution in [0.4, 0.5) is 0 Å². The van der Waals surface area contributed by atoms with E-state index in [-0.39, 0.29) is 11.9 Å². The van der Waals surface area contributed by atoms with Crippen LogP contribution >= 0.6 is 11.3 Å². The molecule has 0 aliphatic carbocycles. The van der Waals surface area contributed by atoms with Crippen LogP contribution in [0.3, 0.4) is 0 Å². The van der Waals surface area contributed by atoms with E-state index >= 15 is 0 Å². The molecule has 1 aromatic heterocycles. The van der Waals surface area contributed by atoms with E-state index in [1.807, 2.05) is 17.5 Å². The second kappa shape index (κ2) is 8.31. The smallest absolute Gasteiger partial charge is 0.327 e. The number of hydrogen-bond donors (Lipinski definition) is 3. The molecule has 0 aliphatic heterocycles. The van der Waals surface area contributed by atoms with Crippen molar-refractivity contribution >= 4 is 29.1 Å². The number of carbonyl (C=O) groups is 3.